The van der Waals surface area contributed by atoms with E-state index in [1.165, 1.54) is 19.2 Å². The fourth-order valence-electron chi connectivity index (χ4n) is 1.23. The van der Waals surface area contributed by atoms with Crippen LogP contribution in [0.1, 0.15) is 12.8 Å². The van der Waals surface area contributed by atoms with Crippen molar-refractivity contribution in [3.8, 4) is 0 Å². The van der Waals surface area contributed by atoms with E-state index in [4.69, 9.17) is 5.11 Å². The average Bonchev–Trinajstić information content (AvgIpc) is 2.81. The summed E-state index contributed by atoms with van der Waals surface area (Å²) in [6, 6.07) is 0. The zero-order valence-corrected chi connectivity index (χ0v) is 9.66. The SMILES string of the molecule is CN1C(=O)C=CC1=O.O=C1CCC(=O)N1OCO. The van der Waals surface area contributed by atoms with Crippen molar-refractivity contribution in [3.05, 3.63) is 12.2 Å². The Morgan fingerprint density at radius 1 is 1.11 bits per heavy atom. The molecule has 2 aliphatic heterocycles. The molecule has 98 valence electrons. The number of carbonyl (C=O) groups excluding carboxylic acids is 4. The molecular weight excluding hydrogens is 244 g/mol. The van der Waals surface area contributed by atoms with Crippen molar-refractivity contribution in [2.75, 3.05) is 13.8 Å². The molecule has 0 atom stereocenters. The normalized spacial score (nSPS) is 18.6. The summed E-state index contributed by atoms with van der Waals surface area (Å²) in [5, 5.41) is 8.79. The molecule has 1 fully saturated rings. The number of rotatable bonds is 2. The highest BCUT2D eigenvalue weighted by Crippen LogP contribution is 2.10. The monoisotopic (exact) mass is 256 g/mol. The van der Waals surface area contributed by atoms with Crippen molar-refractivity contribution in [3.63, 3.8) is 0 Å². The fourth-order valence-corrected chi connectivity index (χ4v) is 1.23. The lowest BCUT2D eigenvalue weighted by atomic mass is 10.4. The van der Waals surface area contributed by atoms with Gasteiger partial charge in [-0.1, -0.05) is 0 Å². The van der Waals surface area contributed by atoms with Crippen LogP contribution in [0.4, 0.5) is 0 Å². The van der Waals surface area contributed by atoms with Crippen molar-refractivity contribution < 1.29 is 29.1 Å². The summed E-state index contributed by atoms with van der Waals surface area (Å²) >= 11 is 0. The molecule has 1 N–H and O–H groups in total. The summed E-state index contributed by atoms with van der Waals surface area (Å²) in [5.41, 5.74) is 0. The summed E-state index contributed by atoms with van der Waals surface area (Å²) in [7, 11) is 1.45. The maximum absolute atomic E-state index is 10.6. The van der Waals surface area contributed by atoms with Crippen molar-refractivity contribution in [1.29, 1.82) is 0 Å². The second kappa shape index (κ2) is 6.03. The van der Waals surface area contributed by atoms with Crippen molar-refractivity contribution in [1.82, 2.24) is 9.96 Å². The molecule has 0 aromatic rings. The molecule has 0 aliphatic carbocycles. The molecule has 2 aliphatic rings. The maximum Gasteiger partial charge on any atom is 0.254 e. The lowest BCUT2D eigenvalue weighted by molar-refractivity contribution is -0.208. The number of amides is 4. The van der Waals surface area contributed by atoms with Crippen LogP contribution in [0, 0.1) is 0 Å². The highest BCUT2D eigenvalue weighted by molar-refractivity contribution is 6.12. The van der Waals surface area contributed by atoms with Crippen LogP contribution in [-0.4, -0.2) is 52.5 Å². The van der Waals surface area contributed by atoms with E-state index in [1.54, 1.807) is 0 Å². The Balaban J connectivity index is 0.000000184. The minimum absolute atomic E-state index is 0.179. The predicted octanol–water partition coefficient (Wildman–Crippen LogP) is -1.44. The first-order valence-corrected chi connectivity index (χ1v) is 5.06. The zero-order valence-electron chi connectivity index (χ0n) is 9.66. The Kier molecular flexibility index (Phi) is 4.69. The predicted molar refractivity (Wildman–Crippen MR) is 56.2 cm³/mol. The van der Waals surface area contributed by atoms with Gasteiger partial charge in [-0.25, -0.2) is 4.84 Å². The van der Waals surface area contributed by atoms with Crippen LogP contribution in [0.2, 0.25) is 0 Å². The van der Waals surface area contributed by atoms with Crippen LogP contribution in [-0.2, 0) is 24.0 Å². The summed E-state index contributed by atoms with van der Waals surface area (Å²) in [4.78, 5) is 47.5. The van der Waals surface area contributed by atoms with Crippen LogP contribution in [0.5, 0.6) is 0 Å². The molecule has 2 heterocycles. The van der Waals surface area contributed by atoms with Crippen molar-refractivity contribution in [2.45, 2.75) is 12.8 Å². The average molecular weight is 256 g/mol. The van der Waals surface area contributed by atoms with E-state index < -0.39 is 6.79 Å². The molecule has 18 heavy (non-hydrogen) atoms. The number of aliphatic hydroxyl groups excluding tert-OH is 1. The van der Waals surface area contributed by atoms with E-state index in [0.29, 0.717) is 5.06 Å². The van der Waals surface area contributed by atoms with E-state index in [9.17, 15) is 19.2 Å². The van der Waals surface area contributed by atoms with Gasteiger partial charge in [0, 0.05) is 32.0 Å². The van der Waals surface area contributed by atoms with Gasteiger partial charge in [0.05, 0.1) is 0 Å². The lowest BCUT2D eigenvalue weighted by Crippen LogP contribution is -2.29. The molecule has 0 spiro atoms. The maximum atomic E-state index is 10.6. The largest absolute Gasteiger partial charge is 0.368 e. The lowest BCUT2D eigenvalue weighted by Gasteiger charge is -2.09. The van der Waals surface area contributed by atoms with Gasteiger partial charge in [-0.3, -0.25) is 24.1 Å². The molecule has 0 unspecified atom stereocenters. The second-order valence-electron chi connectivity index (χ2n) is 3.41. The molecule has 0 aromatic heterocycles. The molecule has 2 rings (SSSR count). The molecule has 0 bridgehead atoms. The summed E-state index contributed by atoms with van der Waals surface area (Å²) in [6.07, 6.45) is 2.86. The molecule has 1 saturated heterocycles. The number of likely N-dealkylation sites (N-methyl/N-ethyl adjacent to an activating group) is 1. The van der Waals surface area contributed by atoms with E-state index >= 15 is 0 Å². The number of aliphatic hydroxyl groups is 1. The van der Waals surface area contributed by atoms with E-state index in [0.717, 1.165) is 4.90 Å². The van der Waals surface area contributed by atoms with Gasteiger partial charge in [-0.05, 0) is 0 Å². The molecule has 8 nitrogen and oxygen atoms in total. The molecule has 4 amide bonds. The smallest absolute Gasteiger partial charge is 0.254 e. The van der Waals surface area contributed by atoms with Crippen LogP contribution in [0.25, 0.3) is 0 Å². The molecule has 8 heteroatoms. The Hall–Kier alpha value is -2.06. The summed E-state index contributed by atoms with van der Waals surface area (Å²) in [5.74, 6) is -1.26. The number of hydrogen-bond acceptors (Lipinski definition) is 6. The van der Waals surface area contributed by atoms with Gasteiger partial charge >= 0.3 is 0 Å². The van der Waals surface area contributed by atoms with E-state index in [-0.39, 0.29) is 36.5 Å². The van der Waals surface area contributed by atoms with E-state index in [1.807, 2.05) is 0 Å². The summed E-state index contributed by atoms with van der Waals surface area (Å²) in [6.45, 7) is -0.641. The Bertz CT molecular complexity index is 383. The van der Waals surface area contributed by atoms with E-state index in [2.05, 4.69) is 4.84 Å². The minimum atomic E-state index is -0.641. The van der Waals surface area contributed by atoms with Crippen LogP contribution >= 0.6 is 0 Å². The van der Waals surface area contributed by atoms with Gasteiger partial charge in [0.1, 0.15) is 0 Å². The number of hydroxylamine groups is 2. The van der Waals surface area contributed by atoms with Crippen molar-refractivity contribution in [2.24, 2.45) is 0 Å². The number of hydrogen-bond donors (Lipinski definition) is 1. The Morgan fingerprint density at radius 3 is 1.83 bits per heavy atom. The molecule has 0 aromatic carbocycles. The topological polar surface area (TPSA) is 104 Å². The first-order chi connectivity index (χ1) is 8.47. The molecule has 0 radical (unpaired) electrons. The first-order valence-electron chi connectivity index (χ1n) is 5.06. The van der Waals surface area contributed by atoms with Gasteiger partial charge in [0.25, 0.3) is 23.6 Å². The number of imide groups is 2. The molecule has 0 saturated carbocycles. The quantitative estimate of drug-likeness (QED) is 0.479. The van der Waals surface area contributed by atoms with Crippen molar-refractivity contribution >= 4 is 23.6 Å². The summed E-state index contributed by atoms with van der Waals surface area (Å²) < 4.78 is 0. The number of nitrogens with zero attached hydrogens (tertiary/aromatic N) is 2. The third-order valence-electron chi connectivity index (χ3n) is 2.22. The van der Waals surface area contributed by atoms with Gasteiger partial charge in [0.15, 0.2) is 6.79 Å². The van der Waals surface area contributed by atoms with Crippen LogP contribution < -0.4 is 0 Å². The van der Waals surface area contributed by atoms with Gasteiger partial charge in [-0.2, -0.15) is 5.06 Å². The first kappa shape index (κ1) is 14.0. The highest BCUT2D eigenvalue weighted by Gasteiger charge is 2.29. The minimum Gasteiger partial charge on any atom is -0.368 e. The Labute approximate surface area is 102 Å². The zero-order chi connectivity index (χ0) is 13.7. The number of carbonyl (C=O) groups is 4. The Morgan fingerprint density at radius 2 is 1.56 bits per heavy atom. The van der Waals surface area contributed by atoms with Gasteiger partial charge < -0.3 is 5.11 Å². The van der Waals surface area contributed by atoms with Crippen LogP contribution in [0.3, 0.4) is 0 Å². The highest BCUT2D eigenvalue weighted by atomic mass is 16.7. The second-order valence-corrected chi connectivity index (χ2v) is 3.41. The van der Waals surface area contributed by atoms with Gasteiger partial charge in [0.2, 0.25) is 0 Å². The standard InChI is InChI=1S/C5H7NO4.C5H5NO2/c7-3-10-6-4(8)1-2-5(6)9;1-6-4(7)2-3-5(6)8/h7H,1-3H2;2-3H,1H3. The van der Waals surface area contributed by atoms with Crippen LogP contribution in [0.15, 0.2) is 12.2 Å². The molecular formula is C10H12N2O6. The third-order valence-corrected chi connectivity index (χ3v) is 2.22. The third kappa shape index (κ3) is 3.22. The van der Waals surface area contributed by atoms with Gasteiger partial charge in [-0.15, -0.1) is 0 Å². The fraction of sp³-hybridized carbons (Fsp3) is 0.400.